The van der Waals surface area contributed by atoms with Gasteiger partial charge in [-0.2, -0.15) is 0 Å². The molecule has 1 saturated heterocycles. The van der Waals surface area contributed by atoms with E-state index in [2.05, 4.69) is 10.2 Å². The molecular weight excluding hydrogens is 200 g/mol. The summed E-state index contributed by atoms with van der Waals surface area (Å²) in [7, 11) is 0. The van der Waals surface area contributed by atoms with E-state index < -0.39 is 0 Å². The summed E-state index contributed by atoms with van der Waals surface area (Å²) in [6, 6.07) is 0.360. The number of hydrogen-bond acceptors (Lipinski definition) is 3. The molecule has 1 heterocycles. The SMILES string of the molecule is OC1CCCCC1NCCN1CCCCC1. The van der Waals surface area contributed by atoms with Crippen LogP contribution in [0.2, 0.25) is 0 Å². The molecule has 2 N–H and O–H groups in total. The molecule has 1 saturated carbocycles. The maximum absolute atomic E-state index is 9.83. The minimum absolute atomic E-state index is 0.102. The molecule has 0 aromatic carbocycles. The first-order chi connectivity index (χ1) is 7.86. The molecule has 2 atom stereocenters. The van der Waals surface area contributed by atoms with Gasteiger partial charge in [-0.05, 0) is 38.8 Å². The first kappa shape index (κ1) is 12.3. The van der Waals surface area contributed by atoms with E-state index in [0.29, 0.717) is 6.04 Å². The highest BCUT2D eigenvalue weighted by Crippen LogP contribution is 2.18. The van der Waals surface area contributed by atoms with Gasteiger partial charge in [-0.1, -0.05) is 19.3 Å². The zero-order chi connectivity index (χ0) is 11.2. The molecule has 2 unspecified atom stereocenters. The highest BCUT2D eigenvalue weighted by molar-refractivity contribution is 4.80. The maximum atomic E-state index is 9.83. The Bertz CT molecular complexity index is 192. The van der Waals surface area contributed by atoms with Gasteiger partial charge in [-0.3, -0.25) is 0 Å². The van der Waals surface area contributed by atoms with Gasteiger partial charge in [-0.15, -0.1) is 0 Å². The quantitative estimate of drug-likeness (QED) is 0.760. The van der Waals surface area contributed by atoms with Crippen molar-refractivity contribution in [3.8, 4) is 0 Å². The summed E-state index contributed by atoms with van der Waals surface area (Å²) in [5.41, 5.74) is 0. The van der Waals surface area contributed by atoms with E-state index in [-0.39, 0.29) is 6.10 Å². The van der Waals surface area contributed by atoms with Gasteiger partial charge >= 0.3 is 0 Å². The topological polar surface area (TPSA) is 35.5 Å². The summed E-state index contributed by atoms with van der Waals surface area (Å²) in [6.07, 6.45) is 8.66. The van der Waals surface area contributed by atoms with Gasteiger partial charge in [0.15, 0.2) is 0 Å². The summed E-state index contributed by atoms with van der Waals surface area (Å²) in [5.74, 6) is 0. The third-order valence-electron chi connectivity index (χ3n) is 4.01. The first-order valence-electron chi connectivity index (χ1n) is 7.00. The number of likely N-dealkylation sites (tertiary alicyclic amines) is 1. The highest BCUT2D eigenvalue weighted by atomic mass is 16.3. The van der Waals surface area contributed by atoms with E-state index in [9.17, 15) is 5.11 Å². The van der Waals surface area contributed by atoms with Crippen molar-refractivity contribution in [2.75, 3.05) is 26.2 Å². The summed E-state index contributed by atoms with van der Waals surface area (Å²) in [5, 5.41) is 13.4. The van der Waals surface area contributed by atoms with Crippen molar-refractivity contribution in [2.24, 2.45) is 0 Å². The van der Waals surface area contributed by atoms with E-state index in [4.69, 9.17) is 0 Å². The number of rotatable bonds is 4. The predicted octanol–water partition coefficient (Wildman–Crippen LogP) is 1.37. The molecule has 3 nitrogen and oxygen atoms in total. The van der Waals surface area contributed by atoms with E-state index in [1.165, 1.54) is 45.2 Å². The Kier molecular flexibility index (Phi) is 5.07. The van der Waals surface area contributed by atoms with Gasteiger partial charge in [0.1, 0.15) is 0 Å². The molecule has 1 aliphatic carbocycles. The standard InChI is InChI=1S/C13H26N2O/c16-13-7-3-2-6-12(13)14-8-11-15-9-4-1-5-10-15/h12-14,16H,1-11H2. The summed E-state index contributed by atoms with van der Waals surface area (Å²) in [4.78, 5) is 2.55. The van der Waals surface area contributed by atoms with Crippen LogP contribution < -0.4 is 5.32 Å². The van der Waals surface area contributed by atoms with Gasteiger partial charge in [0.25, 0.3) is 0 Å². The lowest BCUT2D eigenvalue weighted by molar-refractivity contribution is 0.0887. The Balaban J connectivity index is 1.59. The second kappa shape index (κ2) is 6.58. The van der Waals surface area contributed by atoms with Crippen molar-refractivity contribution in [1.82, 2.24) is 10.2 Å². The first-order valence-corrected chi connectivity index (χ1v) is 7.00. The highest BCUT2D eigenvalue weighted by Gasteiger charge is 2.22. The lowest BCUT2D eigenvalue weighted by Gasteiger charge is -2.31. The van der Waals surface area contributed by atoms with Crippen LogP contribution in [0.3, 0.4) is 0 Å². The number of nitrogens with one attached hydrogen (secondary N) is 1. The molecular formula is C13H26N2O. The maximum Gasteiger partial charge on any atom is 0.0693 e. The van der Waals surface area contributed by atoms with E-state index in [0.717, 1.165) is 25.9 Å². The Labute approximate surface area is 99.2 Å². The molecule has 0 aromatic heterocycles. The van der Waals surface area contributed by atoms with Gasteiger partial charge in [0.2, 0.25) is 0 Å². The molecule has 0 bridgehead atoms. The van der Waals surface area contributed by atoms with E-state index in [1.54, 1.807) is 0 Å². The van der Waals surface area contributed by atoms with Crippen molar-refractivity contribution in [3.63, 3.8) is 0 Å². The molecule has 0 spiro atoms. The molecule has 0 radical (unpaired) electrons. The fourth-order valence-corrected chi connectivity index (χ4v) is 2.94. The smallest absolute Gasteiger partial charge is 0.0693 e. The van der Waals surface area contributed by atoms with Crippen LogP contribution in [0.15, 0.2) is 0 Å². The molecule has 3 heteroatoms. The molecule has 16 heavy (non-hydrogen) atoms. The van der Waals surface area contributed by atoms with Crippen LogP contribution in [0.1, 0.15) is 44.9 Å². The van der Waals surface area contributed by atoms with Crippen molar-refractivity contribution >= 4 is 0 Å². The lowest BCUT2D eigenvalue weighted by Crippen LogP contribution is -2.45. The average molecular weight is 226 g/mol. The molecule has 2 fully saturated rings. The third kappa shape index (κ3) is 3.72. The van der Waals surface area contributed by atoms with Crippen LogP contribution in [0.5, 0.6) is 0 Å². The second-order valence-corrected chi connectivity index (χ2v) is 5.31. The summed E-state index contributed by atoms with van der Waals surface area (Å²) in [6.45, 7) is 4.74. The van der Waals surface area contributed by atoms with Crippen molar-refractivity contribution in [3.05, 3.63) is 0 Å². The van der Waals surface area contributed by atoms with Crippen LogP contribution in [0, 0.1) is 0 Å². The molecule has 1 aliphatic heterocycles. The number of hydrogen-bond donors (Lipinski definition) is 2. The van der Waals surface area contributed by atoms with Crippen LogP contribution >= 0.6 is 0 Å². The van der Waals surface area contributed by atoms with Gasteiger partial charge < -0.3 is 15.3 Å². The Hall–Kier alpha value is -0.120. The number of piperidine rings is 1. The normalized spacial score (nSPS) is 32.8. The van der Waals surface area contributed by atoms with Gasteiger partial charge in [-0.25, -0.2) is 0 Å². The molecule has 2 aliphatic rings. The van der Waals surface area contributed by atoms with Gasteiger partial charge in [0.05, 0.1) is 6.10 Å². The van der Waals surface area contributed by atoms with Gasteiger partial charge in [0, 0.05) is 19.1 Å². The zero-order valence-electron chi connectivity index (χ0n) is 10.3. The van der Waals surface area contributed by atoms with Crippen LogP contribution in [-0.2, 0) is 0 Å². The average Bonchev–Trinajstić information content (AvgIpc) is 2.33. The molecule has 0 aromatic rings. The van der Waals surface area contributed by atoms with Crippen molar-refractivity contribution in [1.29, 1.82) is 0 Å². The molecule has 94 valence electrons. The Morgan fingerprint density at radius 3 is 2.50 bits per heavy atom. The van der Waals surface area contributed by atoms with Crippen molar-refractivity contribution < 1.29 is 5.11 Å². The molecule has 0 amide bonds. The largest absolute Gasteiger partial charge is 0.392 e. The third-order valence-corrected chi connectivity index (χ3v) is 4.01. The van der Waals surface area contributed by atoms with Crippen LogP contribution in [0.25, 0.3) is 0 Å². The lowest BCUT2D eigenvalue weighted by atomic mass is 9.92. The summed E-state index contributed by atoms with van der Waals surface area (Å²) >= 11 is 0. The second-order valence-electron chi connectivity index (χ2n) is 5.31. The zero-order valence-corrected chi connectivity index (χ0v) is 10.3. The Morgan fingerprint density at radius 2 is 1.75 bits per heavy atom. The minimum atomic E-state index is -0.102. The monoisotopic (exact) mass is 226 g/mol. The molecule has 2 rings (SSSR count). The number of aliphatic hydroxyl groups is 1. The van der Waals surface area contributed by atoms with E-state index in [1.807, 2.05) is 0 Å². The fraction of sp³-hybridized carbons (Fsp3) is 1.00. The number of aliphatic hydroxyl groups excluding tert-OH is 1. The number of nitrogens with zero attached hydrogens (tertiary/aromatic N) is 1. The Morgan fingerprint density at radius 1 is 1.00 bits per heavy atom. The minimum Gasteiger partial charge on any atom is -0.392 e. The van der Waals surface area contributed by atoms with Crippen LogP contribution in [-0.4, -0.2) is 48.3 Å². The van der Waals surface area contributed by atoms with E-state index >= 15 is 0 Å². The fourth-order valence-electron chi connectivity index (χ4n) is 2.94. The predicted molar refractivity (Wildman–Crippen MR) is 66.6 cm³/mol. The summed E-state index contributed by atoms with van der Waals surface area (Å²) < 4.78 is 0. The van der Waals surface area contributed by atoms with Crippen LogP contribution in [0.4, 0.5) is 0 Å². The van der Waals surface area contributed by atoms with Crippen molar-refractivity contribution in [2.45, 2.75) is 57.1 Å².